The molecule has 0 amide bonds. The Bertz CT molecular complexity index is 508. The standard InChI is InChI=1S/C13H13ClO4/c14-9-7-11-10(6-8(9)2-3-12(15)16)17-13(18-11)4-1-5-13/h6-7H,1-5H2,(H,15,16). The number of halogens is 1. The molecule has 1 aromatic carbocycles. The van der Waals surface area contributed by atoms with Crippen LogP contribution in [0.4, 0.5) is 0 Å². The number of ether oxygens (including phenoxy) is 2. The lowest BCUT2D eigenvalue weighted by Crippen LogP contribution is -2.45. The highest BCUT2D eigenvalue weighted by molar-refractivity contribution is 6.31. The van der Waals surface area contributed by atoms with Crippen LogP contribution in [-0.4, -0.2) is 16.9 Å². The van der Waals surface area contributed by atoms with Crippen LogP contribution >= 0.6 is 11.6 Å². The van der Waals surface area contributed by atoms with Crippen LogP contribution in [0.5, 0.6) is 11.5 Å². The number of carboxylic acid groups (broad SMARTS) is 1. The SMILES string of the molecule is O=C(O)CCc1cc2c(cc1Cl)OC1(CCC1)O2. The first-order chi connectivity index (χ1) is 8.58. The van der Waals surface area contributed by atoms with Crippen molar-refractivity contribution in [2.24, 2.45) is 0 Å². The maximum absolute atomic E-state index is 10.6. The third-order valence-corrected chi connectivity index (χ3v) is 3.78. The van der Waals surface area contributed by atoms with E-state index in [1.165, 1.54) is 0 Å². The van der Waals surface area contributed by atoms with Gasteiger partial charge < -0.3 is 14.6 Å². The Morgan fingerprint density at radius 2 is 2.00 bits per heavy atom. The summed E-state index contributed by atoms with van der Waals surface area (Å²) in [5.41, 5.74) is 0.790. The van der Waals surface area contributed by atoms with Gasteiger partial charge in [0.25, 0.3) is 5.79 Å². The van der Waals surface area contributed by atoms with Crippen molar-refractivity contribution in [2.45, 2.75) is 37.9 Å². The summed E-state index contributed by atoms with van der Waals surface area (Å²) in [5.74, 6) is 0.0364. The molecule has 1 N–H and O–H groups in total. The third kappa shape index (κ3) is 1.90. The zero-order chi connectivity index (χ0) is 12.8. The van der Waals surface area contributed by atoms with E-state index in [1.54, 1.807) is 12.1 Å². The molecule has 0 bridgehead atoms. The summed E-state index contributed by atoms with van der Waals surface area (Å²) in [4.78, 5) is 10.6. The van der Waals surface area contributed by atoms with Gasteiger partial charge in [0.15, 0.2) is 11.5 Å². The van der Waals surface area contributed by atoms with E-state index < -0.39 is 11.8 Å². The van der Waals surface area contributed by atoms with Crippen molar-refractivity contribution in [3.05, 3.63) is 22.7 Å². The van der Waals surface area contributed by atoms with Gasteiger partial charge in [-0.2, -0.15) is 0 Å². The molecule has 1 aliphatic carbocycles. The molecule has 0 atom stereocenters. The lowest BCUT2D eigenvalue weighted by molar-refractivity contribution is -0.139. The minimum atomic E-state index is -0.834. The van der Waals surface area contributed by atoms with Crippen LogP contribution in [0.15, 0.2) is 12.1 Å². The molecule has 1 aliphatic heterocycles. The molecule has 0 aromatic heterocycles. The van der Waals surface area contributed by atoms with Crippen molar-refractivity contribution in [1.29, 1.82) is 0 Å². The largest absolute Gasteiger partial charge is 0.481 e. The molecular weight excluding hydrogens is 256 g/mol. The van der Waals surface area contributed by atoms with E-state index in [1.807, 2.05) is 0 Å². The average molecular weight is 269 g/mol. The van der Waals surface area contributed by atoms with E-state index in [0.29, 0.717) is 22.9 Å². The Morgan fingerprint density at radius 1 is 1.33 bits per heavy atom. The monoisotopic (exact) mass is 268 g/mol. The quantitative estimate of drug-likeness (QED) is 0.916. The Balaban J connectivity index is 1.83. The smallest absolute Gasteiger partial charge is 0.303 e. The molecule has 1 aromatic rings. The number of rotatable bonds is 3. The van der Waals surface area contributed by atoms with Crippen molar-refractivity contribution in [3.8, 4) is 11.5 Å². The summed E-state index contributed by atoms with van der Waals surface area (Å²) < 4.78 is 11.6. The summed E-state index contributed by atoms with van der Waals surface area (Å²) in [6.45, 7) is 0. The summed E-state index contributed by atoms with van der Waals surface area (Å²) in [5, 5.41) is 9.23. The number of hydrogen-bond acceptors (Lipinski definition) is 3. The van der Waals surface area contributed by atoms with E-state index in [0.717, 1.165) is 24.8 Å². The number of benzene rings is 1. The number of carbonyl (C=O) groups is 1. The van der Waals surface area contributed by atoms with Crippen LogP contribution < -0.4 is 9.47 Å². The summed E-state index contributed by atoms with van der Waals surface area (Å²) in [6.07, 6.45) is 3.35. The second-order valence-corrected chi connectivity index (χ2v) is 5.16. The second-order valence-electron chi connectivity index (χ2n) is 4.75. The predicted octanol–water partition coefficient (Wildman–Crippen LogP) is 3.01. The van der Waals surface area contributed by atoms with Gasteiger partial charge >= 0.3 is 5.97 Å². The van der Waals surface area contributed by atoms with Crippen molar-refractivity contribution in [2.75, 3.05) is 0 Å². The Morgan fingerprint density at radius 3 is 2.56 bits per heavy atom. The maximum Gasteiger partial charge on any atom is 0.303 e. The third-order valence-electron chi connectivity index (χ3n) is 3.43. The topological polar surface area (TPSA) is 55.8 Å². The van der Waals surface area contributed by atoms with Gasteiger partial charge in [0.2, 0.25) is 0 Å². The molecule has 0 unspecified atom stereocenters. The van der Waals surface area contributed by atoms with Gasteiger partial charge in [0, 0.05) is 30.4 Å². The second kappa shape index (κ2) is 4.05. The maximum atomic E-state index is 10.6. The van der Waals surface area contributed by atoms with Crippen LogP contribution in [0.1, 0.15) is 31.2 Å². The molecule has 0 saturated heterocycles. The fourth-order valence-corrected chi connectivity index (χ4v) is 2.51. The van der Waals surface area contributed by atoms with Gasteiger partial charge in [0.1, 0.15) is 0 Å². The summed E-state index contributed by atoms with van der Waals surface area (Å²) in [6, 6.07) is 3.52. The van der Waals surface area contributed by atoms with Crippen molar-refractivity contribution >= 4 is 17.6 Å². The van der Waals surface area contributed by atoms with Crippen molar-refractivity contribution in [3.63, 3.8) is 0 Å². The predicted molar refractivity (Wildman–Crippen MR) is 65.2 cm³/mol. The molecule has 1 spiro atoms. The first-order valence-electron chi connectivity index (χ1n) is 6.00. The number of aliphatic carboxylic acids is 1. The van der Waals surface area contributed by atoms with Crippen molar-refractivity contribution < 1.29 is 19.4 Å². The lowest BCUT2D eigenvalue weighted by Gasteiger charge is -2.35. The molecule has 18 heavy (non-hydrogen) atoms. The molecule has 4 nitrogen and oxygen atoms in total. The Labute approximate surface area is 109 Å². The van der Waals surface area contributed by atoms with Gasteiger partial charge in [-0.05, 0) is 24.5 Å². The molecular formula is C13H13ClO4. The van der Waals surface area contributed by atoms with Gasteiger partial charge in [-0.1, -0.05) is 11.6 Å². The van der Waals surface area contributed by atoms with Crippen LogP contribution in [0.3, 0.4) is 0 Å². The molecule has 0 radical (unpaired) electrons. The Hall–Kier alpha value is -1.42. The van der Waals surface area contributed by atoms with Gasteiger partial charge in [-0.3, -0.25) is 4.79 Å². The van der Waals surface area contributed by atoms with Gasteiger partial charge in [-0.25, -0.2) is 0 Å². The van der Waals surface area contributed by atoms with Crippen molar-refractivity contribution in [1.82, 2.24) is 0 Å². The number of hydrogen-bond donors (Lipinski definition) is 1. The van der Waals surface area contributed by atoms with E-state index in [-0.39, 0.29) is 6.42 Å². The van der Waals surface area contributed by atoms with E-state index >= 15 is 0 Å². The number of aryl methyl sites for hydroxylation is 1. The zero-order valence-electron chi connectivity index (χ0n) is 9.74. The summed E-state index contributed by atoms with van der Waals surface area (Å²) in [7, 11) is 0. The molecule has 1 heterocycles. The lowest BCUT2D eigenvalue weighted by atomic mass is 9.91. The molecule has 1 fully saturated rings. The normalized spacial score (nSPS) is 18.7. The molecule has 2 aliphatic rings. The molecule has 5 heteroatoms. The van der Waals surface area contributed by atoms with E-state index in [2.05, 4.69) is 0 Å². The van der Waals surface area contributed by atoms with Crippen LogP contribution in [0.25, 0.3) is 0 Å². The fourth-order valence-electron chi connectivity index (χ4n) is 2.26. The Kier molecular flexibility index (Phi) is 2.63. The highest BCUT2D eigenvalue weighted by Crippen LogP contribution is 2.49. The van der Waals surface area contributed by atoms with Crippen LogP contribution in [-0.2, 0) is 11.2 Å². The molecule has 3 rings (SSSR count). The zero-order valence-corrected chi connectivity index (χ0v) is 10.5. The minimum Gasteiger partial charge on any atom is -0.481 e. The van der Waals surface area contributed by atoms with Gasteiger partial charge in [0.05, 0.1) is 0 Å². The van der Waals surface area contributed by atoms with E-state index in [4.69, 9.17) is 26.2 Å². The minimum absolute atomic E-state index is 0.0600. The number of fused-ring (bicyclic) bond motifs is 1. The highest BCUT2D eigenvalue weighted by atomic mass is 35.5. The van der Waals surface area contributed by atoms with Crippen LogP contribution in [0, 0.1) is 0 Å². The van der Waals surface area contributed by atoms with Gasteiger partial charge in [-0.15, -0.1) is 0 Å². The first-order valence-corrected chi connectivity index (χ1v) is 6.38. The first kappa shape index (κ1) is 11.7. The number of carboxylic acids is 1. The fraction of sp³-hybridized carbons (Fsp3) is 0.462. The average Bonchev–Trinajstić information content (AvgIpc) is 2.64. The highest BCUT2D eigenvalue weighted by Gasteiger charge is 2.47. The van der Waals surface area contributed by atoms with Crippen LogP contribution in [0.2, 0.25) is 5.02 Å². The molecule has 1 saturated carbocycles. The molecule has 96 valence electrons. The summed E-state index contributed by atoms with van der Waals surface area (Å²) >= 11 is 6.12. The van der Waals surface area contributed by atoms with E-state index in [9.17, 15) is 4.79 Å².